The summed E-state index contributed by atoms with van der Waals surface area (Å²) in [5.41, 5.74) is 1.33. The molecule has 132 valence electrons. The summed E-state index contributed by atoms with van der Waals surface area (Å²) in [4.78, 5) is 22.9. The zero-order valence-electron chi connectivity index (χ0n) is 14.2. The van der Waals surface area contributed by atoms with E-state index in [1.54, 1.807) is 31.0 Å². The molecular weight excluding hydrogens is 330 g/mol. The van der Waals surface area contributed by atoms with Crippen LogP contribution in [0.25, 0.3) is 5.69 Å². The summed E-state index contributed by atoms with van der Waals surface area (Å²) >= 11 is 0. The molecule has 8 heteroatoms. The molecule has 3 aromatic rings. The lowest BCUT2D eigenvalue weighted by atomic mass is 10.0. The fraction of sp³-hybridized carbons (Fsp3) is 0.278. The quantitative estimate of drug-likeness (QED) is 0.772. The van der Waals surface area contributed by atoms with Gasteiger partial charge in [0.15, 0.2) is 0 Å². The lowest BCUT2D eigenvalue weighted by Crippen LogP contribution is -2.42. The molecule has 0 atom stereocenters. The van der Waals surface area contributed by atoms with E-state index in [2.05, 4.69) is 25.5 Å². The largest absolute Gasteiger partial charge is 0.366 e. The Balaban J connectivity index is 1.39. The minimum atomic E-state index is -0.0371. The van der Waals surface area contributed by atoms with Gasteiger partial charge in [0.25, 0.3) is 5.91 Å². The summed E-state index contributed by atoms with van der Waals surface area (Å²) in [7, 11) is 0. The Morgan fingerprint density at radius 3 is 2.77 bits per heavy atom. The van der Waals surface area contributed by atoms with Gasteiger partial charge < -0.3 is 14.8 Å². The number of anilines is 1. The first-order valence-corrected chi connectivity index (χ1v) is 8.57. The van der Waals surface area contributed by atoms with Gasteiger partial charge in [-0.25, -0.2) is 4.98 Å². The molecule has 4 rings (SSSR count). The number of hydrogen-bond donors (Lipinski definition) is 1. The number of hydrogen-bond acceptors (Lipinski definition) is 6. The third-order valence-electron chi connectivity index (χ3n) is 4.47. The number of carbonyl (C=O) groups excluding carboxylic acids is 1. The Labute approximate surface area is 150 Å². The van der Waals surface area contributed by atoms with E-state index in [1.165, 1.54) is 0 Å². The standard InChI is InChI=1S/C18H19N7O/c26-18(16-12-15(3-7-20-16)25-11-8-19-13-25)24-9-4-14(5-10-24)22-17-2-1-6-21-23-17/h1-3,6-8,11-14H,4-5,9-10H2,(H,22,23). The smallest absolute Gasteiger partial charge is 0.272 e. The minimum absolute atomic E-state index is 0.0371. The highest BCUT2D eigenvalue weighted by Gasteiger charge is 2.24. The van der Waals surface area contributed by atoms with Crippen molar-refractivity contribution in [3.8, 4) is 5.69 Å². The summed E-state index contributed by atoms with van der Waals surface area (Å²) in [5.74, 6) is 0.733. The van der Waals surface area contributed by atoms with Crippen molar-refractivity contribution >= 4 is 11.7 Å². The lowest BCUT2D eigenvalue weighted by molar-refractivity contribution is 0.0712. The number of piperidine rings is 1. The van der Waals surface area contributed by atoms with E-state index in [1.807, 2.05) is 33.9 Å². The van der Waals surface area contributed by atoms with Crippen LogP contribution in [0.4, 0.5) is 5.82 Å². The average Bonchev–Trinajstić information content (AvgIpc) is 3.24. The van der Waals surface area contributed by atoms with Crippen LogP contribution in [0.1, 0.15) is 23.3 Å². The van der Waals surface area contributed by atoms with E-state index in [0.29, 0.717) is 24.8 Å². The van der Waals surface area contributed by atoms with Gasteiger partial charge in [-0.15, -0.1) is 5.10 Å². The normalized spacial score (nSPS) is 15.0. The summed E-state index contributed by atoms with van der Waals surface area (Å²) in [6.45, 7) is 1.38. The Hall–Kier alpha value is -3.29. The van der Waals surface area contributed by atoms with E-state index < -0.39 is 0 Å². The third kappa shape index (κ3) is 3.53. The second-order valence-electron chi connectivity index (χ2n) is 6.19. The van der Waals surface area contributed by atoms with Gasteiger partial charge in [-0.3, -0.25) is 9.78 Å². The van der Waals surface area contributed by atoms with Gasteiger partial charge in [0, 0.05) is 43.9 Å². The molecule has 1 N–H and O–H groups in total. The maximum Gasteiger partial charge on any atom is 0.272 e. The predicted octanol–water partition coefficient (Wildman–Crippen LogP) is 1.77. The lowest BCUT2D eigenvalue weighted by Gasteiger charge is -2.32. The highest BCUT2D eigenvalue weighted by molar-refractivity contribution is 5.92. The molecule has 1 aliphatic rings. The van der Waals surface area contributed by atoms with Crippen LogP contribution in [0, 0.1) is 0 Å². The number of nitrogens with zero attached hydrogens (tertiary/aromatic N) is 6. The number of likely N-dealkylation sites (tertiary alicyclic amines) is 1. The summed E-state index contributed by atoms with van der Waals surface area (Å²) in [6, 6.07) is 7.70. The van der Waals surface area contributed by atoms with E-state index in [4.69, 9.17) is 0 Å². The molecule has 4 heterocycles. The molecule has 26 heavy (non-hydrogen) atoms. The topological polar surface area (TPSA) is 88.8 Å². The Morgan fingerprint density at radius 2 is 2.04 bits per heavy atom. The molecule has 1 fully saturated rings. The molecule has 0 aliphatic carbocycles. The van der Waals surface area contributed by atoms with Crippen molar-refractivity contribution < 1.29 is 4.79 Å². The molecule has 3 aromatic heterocycles. The van der Waals surface area contributed by atoms with E-state index in [0.717, 1.165) is 24.3 Å². The van der Waals surface area contributed by atoms with Crippen LogP contribution >= 0.6 is 0 Å². The number of rotatable bonds is 4. The van der Waals surface area contributed by atoms with Crippen molar-refractivity contribution in [1.29, 1.82) is 0 Å². The van der Waals surface area contributed by atoms with Crippen LogP contribution in [0.2, 0.25) is 0 Å². The number of imidazole rings is 1. The average molecular weight is 349 g/mol. The Kier molecular flexibility index (Phi) is 4.55. The van der Waals surface area contributed by atoms with Crippen LogP contribution in [0.5, 0.6) is 0 Å². The van der Waals surface area contributed by atoms with Gasteiger partial charge in [-0.1, -0.05) is 0 Å². The van der Waals surface area contributed by atoms with Crippen molar-refractivity contribution in [3.63, 3.8) is 0 Å². The maximum atomic E-state index is 12.8. The first-order valence-electron chi connectivity index (χ1n) is 8.57. The van der Waals surface area contributed by atoms with Gasteiger partial charge in [0.1, 0.15) is 11.5 Å². The number of nitrogens with one attached hydrogen (secondary N) is 1. The van der Waals surface area contributed by atoms with Crippen LogP contribution in [0.3, 0.4) is 0 Å². The zero-order chi connectivity index (χ0) is 17.8. The summed E-state index contributed by atoms with van der Waals surface area (Å²) in [6.07, 6.45) is 10.3. The van der Waals surface area contributed by atoms with Gasteiger partial charge in [-0.05, 0) is 37.1 Å². The molecule has 1 saturated heterocycles. The SMILES string of the molecule is O=C(c1cc(-n2ccnc2)ccn1)N1CCC(Nc2cccnn2)CC1. The molecule has 1 aliphatic heterocycles. The van der Waals surface area contributed by atoms with Crippen molar-refractivity contribution in [2.45, 2.75) is 18.9 Å². The second kappa shape index (κ2) is 7.30. The number of carbonyl (C=O) groups is 1. The second-order valence-corrected chi connectivity index (χ2v) is 6.19. The highest BCUT2D eigenvalue weighted by Crippen LogP contribution is 2.17. The van der Waals surface area contributed by atoms with Crippen LogP contribution in [-0.2, 0) is 0 Å². The predicted molar refractivity (Wildman–Crippen MR) is 95.9 cm³/mol. The van der Waals surface area contributed by atoms with Crippen LogP contribution in [0.15, 0.2) is 55.4 Å². The Morgan fingerprint density at radius 1 is 1.15 bits per heavy atom. The van der Waals surface area contributed by atoms with Crippen LogP contribution < -0.4 is 5.32 Å². The fourth-order valence-corrected chi connectivity index (χ4v) is 3.09. The number of pyridine rings is 1. The van der Waals surface area contributed by atoms with Crippen LogP contribution in [-0.4, -0.2) is 54.7 Å². The van der Waals surface area contributed by atoms with Crippen molar-refractivity contribution in [1.82, 2.24) is 29.6 Å². The molecule has 0 spiro atoms. The molecular formula is C18H19N7O. The number of aromatic nitrogens is 5. The molecule has 0 radical (unpaired) electrons. The first kappa shape index (κ1) is 16.2. The molecule has 0 unspecified atom stereocenters. The van der Waals surface area contributed by atoms with E-state index in [9.17, 15) is 4.79 Å². The summed E-state index contributed by atoms with van der Waals surface area (Å²) in [5, 5.41) is 11.3. The molecule has 1 amide bonds. The van der Waals surface area contributed by atoms with Gasteiger partial charge in [0.2, 0.25) is 0 Å². The third-order valence-corrected chi connectivity index (χ3v) is 4.47. The molecule has 0 bridgehead atoms. The highest BCUT2D eigenvalue weighted by atomic mass is 16.2. The van der Waals surface area contributed by atoms with Gasteiger partial charge in [0.05, 0.1) is 12.0 Å². The van der Waals surface area contributed by atoms with Crippen molar-refractivity contribution in [3.05, 3.63) is 61.1 Å². The van der Waals surface area contributed by atoms with Crippen molar-refractivity contribution in [2.24, 2.45) is 0 Å². The van der Waals surface area contributed by atoms with Gasteiger partial charge in [-0.2, -0.15) is 5.10 Å². The summed E-state index contributed by atoms with van der Waals surface area (Å²) < 4.78 is 1.86. The minimum Gasteiger partial charge on any atom is -0.366 e. The molecule has 0 aromatic carbocycles. The Bertz CT molecular complexity index is 858. The number of amides is 1. The monoisotopic (exact) mass is 349 g/mol. The maximum absolute atomic E-state index is 12.8. The molecule has 8 nitrogen and oxygen atoms in total. The molecule has 0 saturated carbocycles. The zero-order valence-corrected chi connectivity index (χ0v) is 14.2. The van der Waals surface area contributed by atoms with Gasteiger partial charge >= 0.3 is 0 Å². The van der Waals surface area contributed by atoms with Crippen molar-refractivity contribution in [2.75, 3.05) is 18.4 Å². The van der Waals surface area contributed by atoms with E-state index >= 15 is 0 Å². The fourth-order valence-electron chi connectivity index (χ4n) is 3.09. The van der Waals surface area contributed by atoms with E-state index in [-0.39, 0.29) is 5.91 Å². The first-order chi connectivity index (χ1) is 12.8.